The Labute approximate surface area is 152 Å². The van der Waals surface area contributed by atoms with Gasteiger partial charge in [0.1, 0.15) is 18.3 Å². The molecular weight excluding hydrogens is 415 g/mol. The fourth-order valence-electron chi connectivity index (χ4n) is 2.16. The number of H-pyrrole nitrogens is 1. The number of hydrogen-bond donors (Lipinski definition) is 7. The molecule has 0 spiro atoms. The molecule has 1 saturated heterocycles. The summed E-state index contributed by atoms with van der Waals surface area (Å²) in [5.41, 5.74) is -3.18. The predicted octanol–water partition coefficient (Wildman–Crippen LogP) is -2.47. The van der Waals surface area contributed by atoms with Crippen molar-refractivity contribution in [2.45, 2.75) is 24.5 Å². The number of ether oxygens (including phenoxy) is 1. The molecule has 27 heavy (non-hydrogen) atoms. The van der Waals surface area contributed by atoms with Crippen LogP contribution in [0.15, 0.2) is 21.9 Å². The zero-order valence-corrected chi connectivity index (χ0v) is 15.5. The summed E-state index contributed by atoms with van der Waals surface area (Å²) in [5, 5.41) is 19.8. The molecule has 158 valence electrons. The van der Waals surface area contributed by atoms with Crippen molar-refractivity contribution in [1.82, 2.24) is 21.9 Å². The Morgan fingerprint density at radius 3 is 2.37 bits per heavy atom. The average Bonchev–Trinajstić information content (AvgIpc) is 2.71. The second kappa shape index (κ2) is 9.16. The molecule has 2 rings (SSSR count). The minimum absolute atomic E-state index is 0. The van der Waals surface area contributed by atoms with E-state index in [0.717, 1.165) is 16.8 Å². The van der Waals surface area contributed by atoms with E-state index in [1.54, 1.807) is 0 Å². The van der Waals surface area contributed by atoms with Crippen LogP contribution in [-0.2, 0) is 23.9 Å². The molecule has 1 aromatic heterocycles. The molecular formula is C10H21N4O11PS. The summed E-state index contributed by atoms with van der Waals surface area (Å²) in [4.78, 5) is 33.9. The van der Waals surface area contributed by atoms with E-state index in [4.69, 9.17) is 9.29 Å². The Balaban J connectivity index is 0.00000338. The quantitative estimate of drug-likeness (QED) is 0.180. The number of nitrogens with one attached hydrogen (secondary N) is 1. The van der Waals surface area contributed by atoms with Crippen molar-refractivity contribution in [3.05, 3.63) is 33.1 Å². The van der Waals surface area contributed by atoms with Gasteiger partial charge in [-0.2, -0.15) is 8.42 Å². The number of nitrogens with zero attached hydrogens (tertiary/aromatic N) is 1. The van der Waals surface area contributed by atoms with Gasteiger partial charge < -0.3 is 36.7 Å². The van der Waals surface area contributed by atoms with E-state index >= 15 is 0 Å². The van der Waals surface area contributed by atoms with Gasteiger partial charge in [0.2, 0.25) is 0 Å². The summed E-state index contributed by atoms with van der Waals surface area (Å²) in [7, 11) is -9.53. The highest BCUT2D eigenvalue weighted by Gasteiger charge is 2.45. The Morgan fingerprint density at radius 1 is 1.26 bits per heavy atom. The molecule has 1 aliphatic rings. The van der Waals surface area contributed by atoms with Gasteiger partial charge in [0, 0.05) is 12.3 Å². The minimum Gasteiger partial charge on any atom is -0.387 e. The average molecular weight is 436 g/mol. The largest absolute Gasteiger partial charge is 0.387 e. The van der Waals surface area contributed by atoms with E-state index in [-0.39, 0.29) is 12.3 Å². The smallest absolute Gasteiger partial charge is 0.345 e. The van der Waals surface area contributed by atoms with Crippen LogP contribution in [0.1, 0.15) is 6.23 Å². The van der Waals surface area contributed by atoms with Crippen LogP contribution in [0.4, 0.5) is 0 Å². The summed E-state index contributed by atoms with van der Waals surface area (Å²) < 4.78 is 51.8. The summed E-state index contributed by atoms with van der Waals surface area (Å²) in [6, 6.07) is 0.974. The third kappa shape index (κ3) is 6.58. The number of hydrogen-bond acceptors (Lipinski definition) is 11. The normalized spacial score (nSPS) is 27.3. The molecule has 0 radical (unpaired) electrons. The van der Waals surface area contributed by atoms with Gasteiger partial charge in [-0.1, -0.05) is 0 Å². The van der Waals surface area contributed by atoms with Crippen molar-refractivity contribution in [3.8, 4) is 0 Å². The molecule has 1 unspecified atom stereocenters. The van der Waals surface area contributed by atoms with Gasteiger partial charge in [-0.3, -0.25) is 23.5 Å². The van der Waals surface area contributed by atoms with Crippen molar-refractivity contribution >= 4 is 17.7 Å². The Hall–Kier alpha value is -1.46. The van der Waals surface area contributed by atoms with Gasteiger partial charge in [-0.25, -0.2) is 4.79 Å². The van der Waals surface area contributed by atoms with Crippen LogP contribution in [0.3, 0.4) is 0 Å². The van der Waals surface area contributed by atoms with E-state index in [0.29, 0.717) is 0 Å². The van der Waals surface area contributed by atoms with E-state index in [2.05, 4.69) is 4.52 Å². The van der Waals surface area contributed by atoms with Crippen molar-refractivity contribution in [2.24, 2.45) is 0 Å². The van der Waals surface area contributed by atoms with Crippen LogP contribution in [0.2, 0.25) is 0 Å². The maximum absolute atomic E-state index is 11.7. The van der Waals surface area contributed by atoms with E-state index < -0.39 is 65.6 Å². The lowest BCUT2D eigenvalue weighted by molar-refractivity contribution is -0.0524. The van der Waals surface area contributed by atoms with Gasteiger partial charge in [-0.15, -0.1) is 0 Å². The maximum atomic E-state index is 11.7. The molecule has 0 amide bonds. The van der Waals surface area contributed by atoms with Gasteiger partial charge >= 0.3 is 13.3 Å². The van der Waals surface area contributed by atoms with Crippen LogP contribution in [-0.4, -0.2) is 68.0 Å². The number of aliphatic hydroxyl groups is 2. The van der Waals surface area contributed by atoms with Crippen molar-refractivity contribution in [3.63, 3.8) is 0 Å². The third-order valence-corrected chi connectivity index (χ3v) is 6.39. The van der Waals surface area contributed by atoms with Crippen LogP contribution < -0.4 is 23.6 Å². The van der Waals surface area contributed by atoms with Gasteiger partial charge in [0.05, 0.1) is 6.61 Å². The number of rotatable bonds is 6. The fourth-order valence-corrected chi connectivity index (χ4v) is 4.49. The Bertz CT molecular complexity index is 899. The van der Waals surface area contributed by atoms with Crippen LogP contribution in [0.5, 0.6) is 0 Å². The topological polar surface area (TPSA) is 275 Å². The maximum Gasteiger partial charge on any atom is 0.345 e. The molecule has 1 fully saturated rings. The van der Waals surface area contributed by atoms with Gasteiger partial charge in [-0.05, 0) is 0 Å². The van der Waals surface area contributed by atoms with Crippen molar-refractivity contribution < 1.29 is 41.9 Å². The summed E-state index contributed by atoms with van der Waals surface area (Å²) in [5.74, 6) is 0. The zero-order valence-electron chi connectivity index (χ0n) is 13.7. The molecule has 0 aliphatic carbocycles. The first-order valence-electron chi connectivity index (χ1n) is 6.64. The highest BCUT2D eigenvalue weighted by molar-refractivity contribution is 7.92. The zero-order chi connectivity index (χ0) is 19.0. The molecule has 5 atom stereocenters. The molecule has 11 N–H and O–H groups in total. The minimum atomic E-state index is -4.79. The molecule has 17 heteroatoms. The van der Waals surface area contributed by atoms with Crippen LogP contribution >= 0.6 is 7.60 Å². The Kier molecular flexibility index (Phi) is 8.66. The molecule has 15 nitrogen and oxygen atoms in total. The SMILES string of the molecule is N.N.O=c1ccn([C@@H]2O[C@H](COP(=O)(O)CS(=O)(=O)O)[C@@H](O)[C@H]2O)c(=O)[nH]1. The highest BCUT2D eigenvalue weighted by atomic mass is 32.2. The van der Waals surface area contributed by atoms with Crippen LogP contribution in [0, 0.1) is 0 Å². The highest BCUT2D eigenvalue weighted by Crippen LogP contribution is 2.44. The fraction of sp³-hybridized carbons (Fsp3) is 0.600. The van der Waals surface area contributed by atoms with E-state index in [1.807, 2.05) is 4.98 Å². The molecule has 0 saturated carbocycles. The monoisotopic (exact) mass is 436 g/mol. The molecule has 1 aromatic rings. The van der Waals surface area contributed by atoms with E-state index in [1.165, 1.54) is 0 Å². The second-order valence-electron chi connectivity index (χ2n) is 5.21. The second-order valence-corrected chi connectivity index (χ2v) is 8.94. The lowest BCUT2D eigenvalue weighted by atomic mass is 10.1. The lowest BCUT2D eigenvalue weighted by Crippen LogP contribution is -2.37. The summed E-state index contributed by atoms with van der Waals surface area (Å²) >= 11 is 0. The van der Waals surface area contributed by atoms with Crippen molar-refractivity contribution in [1.29, 1.82) is 0 Å². The number of aromatic nitrogens is 2. The standard InChI is InChI=1S/C10H15N2O11PS.2H3N/c13-6-1-2-12(10(16)11-6)9-8(15)7(14)5(23-9)3-22-24(17,18)4-25(19,20)21;;/h1-2,5,7-9,14-15H,3-4H2,(H,17,18)(H,11,13,16)(H,19,20,21);2*1H3/t5-,7-,8-,9-;;/m1../s1. The number of aromatic amines is 1. The van der Waals surface area contributed by atoms with E-state index in [9.17, 15) is 37.7 Å². The third-order valence-electron chi connectivity index (χ3n) is 3.23. The molecule has 2 heterocycles. The summed E-state index contributed by atoms with van der Waals surface area (Å²) in [6.45, 7) is -0.809. The van der Waals surface area contributed by atoms with Gasteiger partial charge in [0.15, 0.2) is 11.7 Å². The first-order valence-corrected chi connectivity index (χ1v) is 10.0. The molecule has 0 bridgehead atoms. The lowest BCUT2D eigenvalue weighted by Gasteiger charge is -2.17. The Morgan fingerprint density at radius 2 is 1.85 bits per heavy atom. The van der Waals surface area contributed by atoms with Crippen molar-refractivity contribution in [2.75, 3.05) is 12.1 Å². The van der Waals surface area contributed by atoms with Gasteiger partial charge in [0.25, 0.3) is 15.7 Å². The predicted molar refractivity (Wildman–Crippen MR) is 89.5 cm³/mol. The number of aliphatic hydroxyl groups excluding tert-OH is 2. The van der Waals surface area contributed by atoms with Crippen LogP contribution in [0.25, 0.3) is 0 Å². The first-order chi connectivity index (χ1) is 11.4. The molecule has 0 aromatic carbocycles. The molecule has 1 aliphatic heterocycles. The summed E-state index contributed by atoms with van der Waals surface area (Å²) in [6.07, 6.45) is -5.08. The first kappa shape index (κ1) is 25.5.